The molecule has 4 nitrogen and oxygen atoms in total. The molecule has 0 saturated carbocycles. The number of carbonyl (C=O) groups is 1. The van der Waals surface area contributed by atoms with E-state index in [1.54, 1.807) is 0 Å². The van der Waals surface area contributed by atoms with Crippen LogP contribution in [0.15, 0.2) is 24.4 Å². The minimum absolute atomic E-state index is 0.718. The summed E-state index contributed by atoms with van der Waals surface area (Å²) in [5, 5.41) is 1.14. The Morgan fingerprint density at radius 2 is 2.06 bits per heavy atom. The predicted molar refractivity (Wildman–Crippen MR) is 66.7 cm³/mol. The molecule has 1 fully saturated rings. The van der Waals surface area contributed by atoms with Crippen LogP contribution in [0.2, 0.25) is 0 Å². The van der Waals surface area contributed by atoms with Crippen molar-refractivity contribution in [2.45, 2.75) is 0 Å². The maximum Gasteiger partial charge on any atom is 0.152 e. The first-order valence-electron chi connectivity index (χ1n) is 5.78. The lowest BCUT2D eigenvalue weighted by Crippen LogP contribution is -2.37. The van der Waals surface area contributed by atoms with Crippen LogP contribution >= 0.6 is 0 Å². The van der Waals surface area contributed by atoms with Gasteiger partial charge >= 0.3 is 0 Å². The smallest absolute Gasteiger partial charge is 0.152 e. The van der Waals surface area contributed by atoms with Gasteiger partial charge in [-0.05, 0) is 12.1 Å². The first-order chi connectivity index (χ1) is 8.40. The molecule has 2 aromatic rings. The van der Waals surface area contributed by atoms with Crippen LogP contribution in [0, 0.1) is 0 Å². The van der Waals surface area contributed by atoms with E-state index >= 15 is 0 Å². The summed E-state index contributed by atoms with van der Waals surface area (Å²) in [5.41, 5.74) is 2.78. The van der Waals surface area contributed by atoms with Crippen LogP contribution in [0.5, 0.6) is 0 Å². The van der Waals surface area contributed by atoms with Crippen molar-refractivity contribution < 1.29 is 9.53 Å². The molecule has 0 unspecified atom stereocenters. The Kier molecular flexibility index (Phi) is 2.57. The van der Waals surface area contributed by atoms with E-state index in [4.69, 9.17) is 4.74 Å². The first-order valence-corrected chi connectivity index (χ1v) is 5.78. The Morgan fingerprint density at radius 1 is 1.24 bits per heavy atom. The van der Waals surface area contributed by atoms with Gasteiger partial charge in [-0.3, -0.25) is 4.79 Å². The van der Waals surface area contributed by atoms with E-state index < -0.39 is 0 Å². The number of morpholine rings is 1. The van der Waals surface area contributed by atoms with Crippen LogP contribution in [0.1, 0.15) is 10.4 Å². The van der Waals surface area contributed by atoms with Crippen molar-refractivity contribution in [1.82, 2.24) is 4.98 Å². The number of aromatic amines is 1. The number of carbonyl (C=O) groups excluding carboxylic acids is 1. The van der Waals surface area contributed by atoms with Gasteiger partial charge in [0.25, 0.3) is 0 Å². The molecule has 0 bridgehead atoms. The number of fused-ring (bicyclic) bond motifs is 1. The largest absolute Gasteiger partial charge is 0.378 e. The highest BCUT2D eigenvalue weighted by molar-refractivity contribution is 6.00. The summed E-state index contributed by atoms with van der Waals surface area (Å²) in [4.78, 5) is 16.6. The van der Waals surface area contributed by atoms with Gasteiger partial charge in [-0.15, -0.1) is 0 Å². The minimum atomic E-state index is 0.718. The molecule has 1 saturated heterocycles. The van der Waals surface area contributed by atoms with Gasteiger partial charge in [-0.2, -0.15) is 0 Å². The maximum atomic E-state index is 11.2. The Bertz CT molecular complexity index is 541. The number of aromatic nitrogens is 1. The van der Waals surface area contributed by atoms with Crippen molar-refractivity contribution in [3.63, 3.8) is 0 Å². The lowest BCUT2D eigenvalue weighted by atomic mass is 10.1. The summed E-state index contributed by atoms with van der Waals surface area (Å²) >= 11 is 0. The Hall–Kier alpha value is -1.81. The van der Waals surface area contributed by atoms with Crippen molar-refractivity contribution in [2.24, 2.45) is 0 Å². The van der Waals surface area contributed by atoms with Crippen molar-refractivity contribution in [1.29, 1.82) is 0 Å². The number of ether oxygens (including phenoxy) is 1. The Labute approximate surface area is 99.2 Å². The van der Waals surface area contributed by atoms with Gasteiger partial charge in [0.15, 0.2) is 6.29 Å². The fourth-order valence-electron chi connectivity index (χ4n) is 2.35. The molecule has 1 aliphatic heterocycles. The van der Waals surface area contributed by atoms with Gasteiger partial charge in [-0.25, -0.2) is 0 Å². The van der Waals surface area contributed by atoms with E-state index in [1.807, 2.05) is 24.4 Å². The van der Waals surface area contributed by atoms with E-state index in [-0.39, 0.29) is 0 Å². The summed E-state index contributed by atoms with van der Waals surface area (Å²) in [6, 6.07) is 5.88. The van der Waals surface area contributed by atoms with Crippen molar-refractivity contribution >= 4 is 22.9 Å². The third kappa shape index (κ3) is 1.70. The third-order valence-electron chi connectivity index (χ3n) is 3.19. The van der Waals surface area contributed by atoms with Gasteiger partial charge in [0, 0.05) is 30.2 Å². The molecule has 0 aliphatic carbocycles. The fraction of sp³-hybridized carbons (Fsp3) is 0.308. The zero-order valence-electron chi connectivity index (χ0n) is 9.48. The second-order valence-electron chi connectivity index (χ2n) is 4.16. The highest BCUT2D eigenvalue weighted by Crippen LogP contribution is 2.29. The summed E-state index contributed by atoms with van der Waals surface area (Å²) in [6.07, 6.45) is 2.83. The number of rotatable bonds is 2. The quantitative estimate of drug-likeness (QED) is 0.800. The molecule has 3 rings (SSSR count). The molecule has 17 heavy (non-hydrogen) atoms. The van der Waals surface area contributed by atoms with E-state index in [0.717, 1.165) is 54.7 Å². The zero-order chi connectivity index (χ0) is 11.7. The maximum absolute atomic E-state index is 11.2. The lowest BCUT2D eigenvalue weighted by Gasteiger charge is -2.30. The van der Waals surface area contributed by atoms with Gasteiger partial charge in [0.2, 0.25) is 0 Å². The number of hydrogen-bond donors (Lipinski definition) is 1. The monoisotopic (exact) mass is 230 g/mol. The third-order valence-corrected chi connectivity index (χ3v) is 3.19. The Balaban J connectivity index is 2.16. The SMILES string of the molecule is O=Cc1ccc2cc[nH]c2c1N1CCOCC1. The van der Waals surface area contributed by atoms with Crippen LogP contribution in [0.3, 0.4) is 0 Å². The van der Waals surface area contributed by atoms with Crippen molar-refractivity contribution in [3.05, 3.63) is 30.0 Å². The van der Waals surface area contributed by atoms with Crippen molar-refractivity contribution in [2.75, 3.05) is 31.2 Å². The van der Waals surface area contributed by atoms with Gasteiger partial charge in [0.05, 0.1) is 24.4 Å². The highest BCUT2D eigenvalue weighted by Gasteiger charge is 2.17. The molecule has 1 aliphatic rings. The standard InChI is InChI=1S/C13H14N2O2/c16-9-11-2-1-10-3-4-14-12(10)13(11)15-5-7-17-8-6-15/h1-4,9,14H,5-8H2. The van der Waals surface area contributed by atoms with E-state index in [1.165, 1.54) is 0 Å². The number of nitrogens with zero attached hydrogens (tertiary/aromatic N) is 1. The van der Waals surface area contributed by atoms with E-state index in [2.05, 4.69) is 9.88 Å². The van der Waals surface area contributed by atoms with Crippen LogP contribution in [-0.4, -0.2) is 37.6 Å². The highest BCUT2D eigenvalue weighted by atomic mass is 16.5. The van der Waals surface area contributed by atoms with Gasteiger partial charge < -0.3 is 14.6 Å². The average molecular weight is 230 g/mol. The molecule has 0 amide bonds. The van der Waals surface area contributed by atoms with Crippen LogP contribution in [0.4, 0.5) is 5.69 Å². The topological polar surface area (TPSA) is 45.3 Å². The molecule has 2 heterocycles. The molecule has 0 radical (unpaired) electrons. The number of nitrogens with one attached hydrogen (secondary N) is 1. The second-order valence-corrected chi connectivity index (χ2v) is 4.16. The molecule has 1 aromatic carbocycles. The van der Waals surface area contributed by atoms with Crippen LogP contribution < -0.4 is 4.90 Å². The molecule has 88 valence electrons. The molecule has 0 atom stereocenters. The molecule has 1 aromatic heterocycles. The summed E-state index contributed by atoms with van der Waals surface area (Å²) < 4.78 is 5.35. The normalized spacial score (nSPS) is 16.4. The molecule has 1 N–H and O–H groups in total. The number of anilines is 1. The first kappa shape index (κ1) is 10.4. The zero-order valence-corrected chi connectivity index (χ0v) is 9.48. The number of benzene rings is 1. The average Bonchev–Trinajstić information content (AvgIpc) is 2.86. The Morgan fingerprint density at radius 3 is 2.82 bits per heavy atom. The molecule has 4 heteroatoms. The van der Waals surface area contributed by atoms with Gasteiger partial charge in [0.1, 0.15) is 0 Å². The molecular weight excluding hydrogens is 216 g/mol. The van der Waals surface area contributed by atoms with Crippen molar-refractivity contribution in [3.8, 4) is 0 Å². The molecule has 0 spiro atoms. The van der Waals surface area contributed by atoms with E-state index in [0.29, 0.717) is 0 Å². The van der Waals surface area contributed by atoms with Gasteiger partial charge in [-0.1, -0.05) is 6.07 Å². The minimum Gasteiger partial charge on any atom is -0.378 e. The summed E-state index contributed by atoms with van der Waals surface area (Å²) in [6.45, 7) is 3.10. The number of hydrogen-bond acceptors (Lipinski definition) is 3. The summed E-state index contributed by atoms with van der Waals surface area (Å²) in [7, 11) is 0. The second kappa shape index (κ2) is 4.22. The summed E-state index contributed by atoms with van der Waals surface area (Å²) in [5.74, 6) is 0. The number of H-pyrrole nitrogens is 1. The lowest BCUT2D eigenvalue weighted by molar-refractivity contribution is 0.111. The van der Waals surface area contributed by atoms with Crippen LogP contribution in [-0.2, 0) is 4.74 Å². The fourth-order valence-corrected chi connectivity index (χ4v) is 2.35. The van der Waals surface area contributed by atoms with E-state index in [9.17, 15) is 4.79 Å². The van der Waals surface area contributed by atoms with Crippen LogP contribution in [0.25, 0.3) is 10.9 Å². The number of aldehydes is 1. The predicted octanol–water partition coefficient (Wildman–Crippen LogP) is 1.82. The molecular formula is C13H14N2O2.